The third kappa shape index (κ3) is 6.51. The van der Waals surface area contributed by atoms with Crippen LogP contribution in [0.4, 0.5) is 0 Å². The molecule has 6 heteroatoms. The summed E-state index contributed by atoms with van der Waals surface area (Å²) < 4.78 is 23.1. The topological polar surface area (TPSA) is 87.6 Å². The number of carbonyl (C=O) groups is 1. The lowest BCUT2D eigenvalue weighted by atomic mass is 9.71. The summed E-state index contributed by atoms with van der Waals surface area (Å²) in [5, 5.41) is 0. The predicted octanol–water partition coefficient (Wildman–Crippen LogP) is 7.57. The molecule has 5 nitrogen and oxygen atoms in total. The Morgan fingerprint density at radius 2 is 1.10 bits per heavy atom. The van der Waals surface area contributed by atoms with Crippen molar-refractivity contribution < 1.29 is 18.0 Å². The van der Waals surface area contributed by atoms with Crippen LogP contribution in [0.3, 0.4) is 0 Å². The molecular weight excluding hydrogens is 528 g/mol. The second-order valence-electron chi connectivity index (χ2n) is 10.4. The first-order valence-electron chi connectivity index (χ1n) is 12.9. The molecule has 0 aliphatic heterocycles. The highest BCUT2D eigenvalue weighted by molar-refractivity contribution is 7.90. The Balaban J connectivity index is 0.000000230. The zero-order valence-corrected chi connectivity index (χ0v) is 24.2. The van der Waals surface area contributed by atoms with E-state index in [1.165, 1.54) is 63.7 Å². The van der Waals surface area contributed by atoms with Crippen LogP contribution in [0.25, 0.3) is 11.6 Å². The van der Waals surface area contributed by atoms with Crippen LogP contribution in [-0.2, 0) is 15.3 Å². The summed E-state index contributed by atoms with van der Waals surface area (Å²) in [6.45, 7) is 8.74. The Morgan fingerprint density at radius 1 is 0.683 bits per heavy atom. The van der Waals surface area contributed by atoms with E-state index in [9.17, 15) is 13.2 Å². The summed E-state index contributed by atoms with van der Waals surface area (Å²) in [6.07, 6.45) is 3.83. The van der Waals surface area contributed by atoms with Crippen molar-refractivity contribution in [1.29, 1.82) is 0 Å². The number of hydrogen-bond acceptors (Lipinski definition) is 3. The Labute approximate surface area is 243 Å². The highest BCUT2D eigenvalue weighted by atomic mass is 32.2. The molecule has 4 aromatic rings. The number of Topliss-reactive ketones (excluding diaryl/α,β-unsaturated/α-hetero) is 1. The minimum absolute atomic E-state index is 0. The lowest BCUT2D eigenvalue weighted by molar-refractivity contribution is -0.00436. The first-order valence-corrected chi connectivity index (χ1v) is 14.8. The predicted molar refractivity (Wildman–Crippen MR) is 167 cm³/mol. The number of carbonyl (C=O) groups excluding carboxylic acids is 1. The van der Waals surface area contributed by atoms with Gasteiger partial charge in [-0.2, -0.15) is 4.79 Å². The molecule has 0 fully saturated rings. The van der Waals surface area contributed by atoms with E-state index in [1.807, 2.05) is 0 Å². The van der Waals surface area contributed by atoms with Crippen molar-refractivity contribution >= 4 is 27.4 Å². The van der Waals surface area contributed by atoms with E-state index in [0.29, 0.717) is 5.56 Å². The van der Waals surface area contributed by atoms with Gasteiger partial charge in [-0.15, -0.1) is 0 Å². The SMILES string of the molecule is C.CS(=O)(=O)c1cccc2c1C=CC(=[N+]=[N-])C2=O.Cc1ccc(C(C)(c2ccc(C)cc2)c2ccc(C)cc2)cc1. The van der Waals surface area contributed by atoms with Gasteiger partial charge in [-0.05, 0) is 56.5 Å². The molecule has 0 unspecified atom stereocenters. The van der Waals surface area contributed by atoms with Crippen molar-refractivity contribution in [2.75, 3.05) is 6.26 Å². The first kappa shape index (κ1) is 31.2. The van der Waals surface area contributed by atoms with Crippen LogP contribution < -0.4 is 0 Å². The normalized spacial score (nSPS) is 12.4. The van der Waals surface area contributed by atoms with Gasteiger partial charge in [0.05, 0.1) is 4.90 Å². The molecule has 0 radical (unpaired) electrons. The second-order valence-corrected chi connectivity index (χ2v) is 12.3. The minimum atomic E-state index is -3.40. The number of hydrogen-bond donors (Lipinski definition) is 0. The number of ketones is 1. The van der Waals surface area contributed by atoms with Gasteiger partial charge in [0.1, 0.15) is 0 Å². The van der Waals surface area contributed by atoms with Crippen LogP contribution in [0.15, 0.2) is 102 Å². The van der Waals surface area contributed by atoms with Gasteiger partial charge in [0.15, 0.2) is 9.84 Å². The number of fused-ring (bicyclic) bond motifs is 1. The lowest BCUT2D eigenvalue weighted by Gasteiger charge is -2.32. The maximum absolute atomic E-state index is 11.8. The first-order chi connectivity index (χ1) is 18.9. The van der Waals surface area contributed by atoms with Gasteiger partial charge in [0.25, 0.3) is 5.78 Å². The number of sulfone groups is 1. The molecule has 0 spiro atoms. The maximum Gasteiger partial charge on any atom is 0.362 e. The van der Waals surface area contributed by atoms with Crippen LogP contribution in [-0.4, -0.2) is 31.0 Å². The average molecular weight is 565 g/mol. The summed E-state index contributed by atoms with van der Waals surface area (Å²) in [7, 11) is -3.40. The molecule has 0 heterocycles. The molecule has 0 N–H and O–H groups in total. The monoisotopic (exact) mass is 564 g/mol. The average Bonchev–Trinajstić information content (AvgIpc) is 2.94. The number of allylic oxidation sites excluding steroid dienone is 1. The van der Waals surface area contributed by atoms with Crippen LogP contribution in [0.1, 0.15) is 63.7 Å². The van der Waals surface area contributed by atoms with Gasteiger partial charge in [-0.3, -0.25) is 4.79 Å². The maximum atomic E-state index is 11.8. The molecule has 4 aromatic carbocycles. The summed E-state index contributed by atoms with van der Waals surface area (Å²) >= 11 is 0. The Kier molecular flexibility index (Phi) is 9.44. The number of benzene rings is 4. The zero-order chi connectivity index (χ0) is 29.1. The summed E-state index contributed by atoms with van der Waals surface area (Å²) in [5.74, 6) is -0.490. The number of aryl methyl sites for hydroxylation is 3. The second kappa shape index (κ2) is 12.4. The van der Waals surface area contributed by atoms with E-state index in [4.69, 9.17) is 5.53 Å². The Hall–Kier alpha value is -4.38. The van der Waals surface area contributed by atoms with Crippen LogP contribution >= 0.6 is 0 Å². The van der Waals surface area contributed by atoms with E-state index in [1.54, 1.807) is 0 Å². The lowest BCUT2D eigenvalue weighted by Crippen LogP contribution is -2.25. The van der Waals surface area contributed by atoms with E-state index >= 15 is 0 Å². The summed E-state index contributed by atoms with van der Waals surface area (Å²) in [5.41, 5.74) is 16.8. The van der Waals surface area contributed by atoms with E-state index in [0.717, 1.165) is 6.26 Å². The third-order valence-electron chi connectivity index (χ3n) is 7.35. The molecule has 41 heavy (non-hydrogen) atoms. The smallest absolute Gasteiger partial charge is 0.361 e. The van der Waals surface area contributed by atoms with Gasteiger partial charge < -0.3 is 5.53 Å². The molecule has 0 aromatic heterocycles. The van der Waals surface area contributed by atoms with Gasteiger partial charge in [0, 0.05) is 28.9 Å². The molecule has 5 rings (SSSR count). The van der Waals surface area contributed by atoms with E-state index < -0.39 is 15.6 Å². The molecule has 0 amide bonds. The molecule has 0 saturated heterocycles. The van der Waals surface area contributed by atoms with E-state index in [2.05, 4.69) is 105 Å². The van der Waals surface area contributed by atoms with Gasteiger partial charge in [-0.25, -0.2) is 8.42 Å². The fourth-order valence-corrected chi connectivity index (χ4v) is 5.76. The molecule has 1 aliphatic carbocycles. The fourth-order valence-electron chi connectivity index (χ4n) is 4.85. The molecule has 0 saturated carbocycles. The van der Waals surface area contributed by atoms with Crippen LogP contribution in [0.2, 0.25) is 0 Å². The van der Waals surface area contributed by atoms with Gasteiger partial charge >= 0.3 is 5.71 Å². The largest absolute Gasteiger partial charge is 0.362 e. The molecule has 0 bridgehead atoms. The van der Waals surface area contributed by atoms with Gasteiger partial charge in [-0.1, -0.05) is 109 Å². The quantitative estimate of drug-likeness (QED) is 0.145. The molecular formula is C35H36N2O3S. The standard InChI is InChI=1S/C23H24.C11H8N2O3S.CH4/c1-17-5-11-20(12-6-17)23(4,21-13-7-18(2)8-14-21)22-15-9-19(3)10-16-22;1-17(15,16)10-4-2-3-8-7(10)5-6-9(13-12)11(8)14;/h5-16H,1-4H3;2-6H,1H3;1H4. The summed E-state index contributed by atoms with van der Waals surface area (Å²) in [6, 6.07) is 31.2. The molecule has 0 atom stereocenters. The minimum Gasteiger partial charge on any atom is -0.361 e. The van der Waals surface area contributed by atoms with Crippen molar-refractivity contribution in [3.8, 4) is 0 Å². The zero-order valence-electron chi connectivity index (χ0n) is 23.3. The molecule has 1 aliphatic rings. The van der Waals surface area contributed by atoms with Crippen molar-refractivity contribution in [2.45, 2.75) is 45.4 Å². The highest BCUT2D eigenvalue weighted by Gasteiger charge is 2.31. The van der Waals surface area contributed by atoms with E-state index in [-0.39, 0.29) is 29.0 Å². The number of rotatable bonds is 4. The van der Waals surface area contributed by atoms with Crippen LogP contribution in [0.5, 0.6) is 0 Å². The van der Waals surface area contributed by atoms with Crippen molar-refractivity contribution in [2.24, 2.45) is 0 Å². The van der Waals surface area contributed by atoms with Gasteiger partial charge in [0.2, 0.25) is 0 Å². The number of nitrogens with zero attached hydrogens (tertiary/aromatic N) is 2. The third-order valence-corrected chi connectivity index (χ3v) is 8.50. The highest BCUT2D eigenvalue weighted by Crippen LogP contribution is 2.39. The Bertz CT molecular complexity index is 1630. The van der Waals surface area contributed by atoms with Crippen molar-refractivity contribution in [1.82, 2.24) is 0 Å². The molecule has 210 valence electrons. The fraction of sp³-hybridized carbons (Fsp3) is 0.200. The van der Waals surface area contributed by atoms with Crippen molar-refractivity contribution in [3.05, 3.63) is 147 Å². The van der Waals surface area contributed by atoms with Crippen molar-refractivity contribution in [3.63, 3.8) is 0 Å². The Morgan fingerprint density at radius 3 is 1.46 bits per heavy atom. The van der Waals surface area contributed by atoms with Crippen LogP contribution in [0, 0.1) is 20.8 Å². The summed E-state index contributed by atoms with van der Waals surface area (Å²) in [4.78, 5) is 14.7.